The van der Waals surface area contributed by atoms with Crippen LogP contribution in [0.15, 0.2) is 36.4 Å². The van der Waals surface area contributed by atoms with Crippen molar-refractivity contribution in [2.75, 3.05) is 0 Å². The molecule has 28 heavy (non-hydrogen) atoms. The van der Waals surface area contributed by atoms with Crippen molar-refractivity contribution in [1.82, 2.24) is 9.88 Å². The number of ether oxygens (including phenoxy) is 1. The van der Waals surface area contributed by atoms with Gasteiger partial charge in [0, 0.05) is 0 Å². The van der Waals surface area contributed by atoms with Crippen molar-refractivity contribution in [3.05, 3.63) is 62.6 Å². The molecule has 0 N–H and O–H groups in total. The van der Waals surface area contributed by atoms with Gasteiger partial charge in [-0.25, -0.2) is 9.78 Å². The summed E-state index contributed by atoms with van der Waals surface area (Å²) in [5.74, 6) is -1.92. The van der Waals surface area contributed by atoms with Crippen LogP contribution in [0.2, 0.25) is 10.0 Å². The maximum absolute atomic E-state index is 12.6. The molecule has 1 unspecified atom stereocenters. The first-order valence-corrected chi connectivity index (χ1v) is 9.82. The normalized spacial score (nSPS) is 14.5. The van der Waals surface area contributed by atoms with E-state index < -0.39 is 23.8 Å². The molecule has 0 bridgehead atoms. The standard InChI is InChI=1S/C19H12Cl2N2O4S/c1-9(19(26)27-8-16-22-14-4-2-3-5-15(14)28-16)23-17(24)10-6-12(20)13(21)7-11(10)18(23)25/h2-7,9H,8H2,1H3. The second-order valence-electron chi connectivity index (χ2n) is 6.15. The van der Waals surface area contributed by atoms with Gasteiger partial charge in [0.15, 0.2) is 0 Å². The molecule has 0 saturated carbocycles. The van der Waals surface area contributed by atoms with Crippen LogP contribution in [0.25, 0.3) is 10.2 Å². The number of esters is 1. The lowest BCUT2D eigenvalue weighted by atomic mass is 10.1. The van der Waals surface area contributed by atoms with Crippen molar-refractivity contribution >= 4 is 62.5 Å². The predicted molar refractivity (Wildman–Crippen MR) is 106 cm³/mol. The third kappa shape index (κ3) is 3.15. The third-order valence-electron chi connectivity index (χ3n) is 4.36. The van der Waals surface area contributed by atoms with Gasteiger partial charge in [-0.05, 0) is 31.2 Å². The number of carbonyl (C=O) groups excluding carboxylic acids is 3. The number of carbonyl (C=O) groups is 3. The average Bonchev–Trinajstić information content (AvgIpc) is 3.19. The molecular weight excluding hydrogens is 423 g/mol. The van der Waals surface area contributed by atoms with Crippen LogP contribution in [0.1, 0.15) is 32.6 Å². The van der Waals surface area contributed by atoms with Gasteiger partial charge < -0.3 is 4.74 Å². The van der Waals surface area contributed by atoms with Gasteiger partial charge in [0.1, 0.15) is 17.7 Å². The molecule has 0 radical (unpaired) electrons. The smallest absolute Gasteiger partial charge is 0.329 e. The molecule has 9 heteroatoms. The number of hydrogen-bond acceptors (Lipinski definition) is 6. The number of aromatic nitrogens is 1. The molecule has 0 spiro atoms. The minimum atomic E-state index is -1.10. The fourth-order valence-electron chi connectivity index (χ4n) is 2.94. The summed E-state index contributed by atoms with van der Waals surface area (Å²) in [5, 5.41) is 0.951. The maximum Gasteiger partial charge on any atom is 0.329 e. The number of amides is 2. The maximum atomic E-state index is 12.6. The summed E-state index contributed by atoms with van der Waals surface area (Å²) >= 11 is 13.3. The molecule has 0 saturated heterocycles. The quantitative estimate of drug-likeness (QED) is 0.451. The number of fused-ring (bicyclic) bond motifs is 2. The molecular formula is C19H12Cl2N2O4S. The lowest BCUT2D eigenvalue weighted by molar-refractivity contribution is -0.149. The number of para-hydroxylation sites is 1. The number of rotatable bonds is 4. The summed E-state index contributed by atoms with van der Waals surface area (Å²) < 4.78 is 6.27. The number of imide groups is 1. The Bertz CT molecular complexity index is 1070. The topological polar surface area (TPSA) is 76.6 Å². The molecule has 6 nitrogen and oxygen atoms in total. The highest BCUT2D eigenvalue weighted by Gasteiger charge is 2.42. The average molecular weight is 435 g/mol. The second-order valence-corrected chi connectivity index (χ2v) is 8.08. The summed E-state index contributed by atoms with van der Waals surface area (Å²) in [7, 11) is 0. The molecule has 2 heterocycles. The molecule has 2 amide bonds. The van der Waals surface area contributed by atoms with Gasteiger partial charge in [-0.3, -0.25) is 14.5 Å². The van der Waals surface area contributed by atoms with E-state index in [0.717, 1.165) is 15.1 Å². The zero-order valence-electron chi connectivity index (χ0n) is 14.4. The van der Waals surface area contributed by atoms with Crippen LogP contribution in [0.5, 0.6) is 0 Å². The Hall–Kier alpha value is -2.48. The Morgan fingerprint density at radius 1 is 1.14 bits per heavy atom. The molecule has 142 valence electrons. The number of hydrogen-bond donors (Lipinski definition) is 0. The van der Waals surface area contributed by atoms with E-state index in [9.17, 15) is 14.4 Å². The van der Waals surface area contributed by atoms with Gasteiger partial charge >= 0.3 is 5.97 Å². The Morgan fingerprint density at radius 3 is 2.36 bits per heavy atom. The summed E-state index contributed by atoms with van der Waals surface area (Å²) in [6, 6.07) is 9.14. The van der Waals surface area contributed by atoms with Gasteiger partial charge in [0.25, 0.3) is 11.8 Å². The van der Waals surface area contributed by atoms with Crippen molar-refractivity contribution < 1.29 is 19.1 Å². The summed E-state index contributed by atoms with van der Waals surface area (Å²) in [4.78, 5) is 42.9. The summed E-state index contributed by atoms with van der Waals surface area (Å²) in [6.07, 6.45) is 0. The van der Waals surface area contributed by atoms with Crippen molar-refractivity contribution in [1.29, 1.82) is 0 Å². The SMILES string of the molecule is CC(C(=O)OCc1nc2ccccc2s1)N1C(=O)c2cc(Cl)c(Cl)cc2C1=O. The first-order valence-electron chi connectivity index (χ1n) is 8.25. The van der Waals surface area contributed by atoms with Crippen LogP contribution < -0.4 is 0 Å². The van der Waals surface area contributed by atoms with Gasteiger partial charge in [0.2, 0.25) is 0 Å². The minimum absolute atomic E-state index is 0.0383. The second kappa shape index (κ2) is 7.16. The van der Waals surface area contributed by atoms with Crippen LogP contribution in [0.4, 0.5) is 0 Å². The van der Waals surface area contributed by atoms with E-state index in [1.807, 2.05) is 24.3 Å². The van der Waals surface area contributed by atoms with Crippen molar-refractivity contribution in [2.24, 2.45) is 0 Å². The van der Waals surface area contributed by atoms with E-state index in [4.69, 9.17) is 27.9 Å². The number of halogens is 2. The molecule has 4 rings (SSSR count). The molecule has 2 aromatic carbocycles. The van der Waals surface area contributed by atoms with Crippen molar-refractivity contribution in [3.63, 3.8) is 0 Å². The van der Waals surface area contributed by atoms with Gasteiger partial charge in [-0.15, -0.1) is 11.3 Å². The van der Waals surface area contributed by atoms with Crippen molar-refractivity contribution in [2.45, 2.75) is 19.6 Å². The van der Waals surface area contributed by atoms with E-state index >= 15 is 0 Å². The van der Waals surface area contributed by atoms with E-state index in [-0.39, 0.29) is 27.8 Å². The fraction of sp³-hybridized carbons (Fsp3) is 0.158. The molecule has 1 aliphatic rings. The summed E-state index contributed by atoms with van der Waals surface area (Å²) in [5.41, 5.74) is 1.05. The predicted octanol–water partition coefficient (Wildman–Crippen LogP) is 4.33. The van der Waals surface area contributed by atoms with Crippen molar-refractivity contribution in [3.8, 4) is 0 Å². The highest BCUT2D eigenvalue weighted by Crippen LogP contribution is 2.32. The highest BCUT2D eigenvalue weighted by atomic mass is 35.5. The minimum Gasteiger partial charge on any atom is -0.457 e. The molecule has 0 fully saturated rings. The molecule has 1 aliphatic heterocycles. The largest absolute Gasteiger partial charge is 0.457 e. The molecule has 1 atom stereocenters. The zero-order chi connectivity index (χ0) is 20.0. The van der Waals surface area contributed by atoms with Crippen LogP contribution >= 0.6 is 34.5 Å². The van der Waals surface area contributed by atoms with Gasteiger partial charge in [-0.1, -0.05) is 35.3 Å². The zero-order valence-corrected chi connectivity index (χ0v) is 16.8. The van der Waals surface area contributed by atoms with Crippen LogP contribution in [-0.2, 0) is 16.1 Å². The Balaban J connectivity index is 1.49. The van der Waals surface area contributed by atoms with Crippen LogP contribution in [0, 0.1) is 0 Å². The first-order chi connectivity index (χ1) is 13.4. The highest BCUT2D eigenvalue weighted by molar-refractivity contribution is 7.18. The van der Waals surface area contributed by atoms with E-state index in [1.165, 1.54) is 30.4 Å². The molecule has 1 aromatic heterocycles. The number of nitrogens with zero attached hydrogens (tertiary/aromatic N) is 2. The number of thiazole rings is 1. The third-order valence-corrected chi connectivity index (χ3v) is 6.10. The Labute approximate surface area is 173 Å². The monoisotopic (exact) mass is 434 g/mol. The Kier molecular flexibility index (Phi) is 4.82. The fourth-order valence-corrected chi connectivity index (χ4v) is 4.15. The lowest BCUT2D eigenvalue weighted by Gasteiger charge is -2.20. The summed E-state index contributed by atoms with van der Waals surface area (Å²) in [6.45, 7) is 1.40. The Morgan fingerprint density at radius 2 is 1.75 bits per heavy atom. The molecule has 3 aromatic rings. The van der Waals surface area contributed by atoms with Crippen LogP contribution in [0.3, 0.4) is 0 Å². The van der Waals surface area contributed by atoms with Gasteiger partial charge in [0.05, 0.1) is 31.4 Å². The lowest BCUT2D eigenvalue weighted by Crippen LogP contribution is -2.43. The first kappa shape index (κ1) is 18.9. The number of benzene rings is 2. The molecule has 0 aliphatic carbocycles. The van der Waals surface area contributed by atoms with E-state index in [1.54, 1.807) is 0 Å². The van der Waals surface area contributed by atoms with Crippen LogP contribution in [-0.4, -0.2) is 33.7 Å². The van der Waals surface area contributed by atoms with Gasteiger partial charge in [-0.2, -0.15) is 0 Å². The van der Waals surface area contributed by atoms with E-state index in [0.29, 0.717) is 5.01 Å². The van der Waals surface area contributed by atoms with E-state index in [2.05, 4.69) is 4.98 Å².